The fourth-order valence-corrected chi connectivity index (χ4v) is 2.66. The van der Waals surface area contributed by atoms with Crippen LogP contribution in [0.25, 0.3) is 0 Å². The molecule has 2 N–H and O–H groups in total. The summed E-state index contributed by atoms with van der Waals surface area (Å²) < 4.78 is 10.6. The SMILES string of the molecule is O=C(NCc1ccc2c(c1)OCO2)c1ccc(NCc2ccncc2)nc1. The summed E-state index contributed by atoms with van der Waals surface area (Å²) in [7, 11) is 0. The molecule has 0 atom stereocenters. The van der Waals surface area contributed by atoms with Crippen molar-refractivity contribution in [3.05, 3.63) is 77.7 Å². The summed E-state index contributed by atoms with van der Waals surface area (Å²) in [6.07, 6.45) is 5.06. The topological polar surface area (TPSA) is 85.4 Å². The van der Waals surface area contributed by atoms with Gasteiger partial charge in [0.15, 0.2) is 11.5 Å². The van der Waals surface area contributed by atoms with E-state index < -0.39 is 0 Å². The van der Waals surface area contributed by atoms with Crippen LogP contribution in [0, 0.1) is 0 Å². The minimum atomic E-state index is -0.180. The zero-order valence-corrected chi connectivity index (χ0v) is 14.5. The average molecular weight is 362 g/mol. The Morgan fingerprint density at radius 3 is 2.63 bits per heavy atom. The molecule has 27 heavy (non-hydrogen) atoms. The van der Waals surface area contributed by atoms with Crippen LogP contribution in [0.5, 0.6) is 11.5 Å². The van der Waals surface area contributed by atoms with Crippen molar-refractivity contribution in [1.29, 1.82) is 0 Å². The highest BCUT2D eigenvalue weighted by atomic mass is 16.7. The molecule has 7 nitrogen and oxygen atoms in total. The Bertz CT molecular complexity index is 930. The van der Waals surface area contributed by atoms with Gasteiger partial charge in [0.25, 0.3) is 5.91 Å². The van der Waals surface area contributed by atoms with E-state index in [4.69, 9.17) is 9.47 Å². The number of nitrogens with zero attached hydrogens (tertiary/aromatic N) is 2. The lowest BCUT2D eigenvalue weighted by Gasteiger charge is -2.08. The highest BCUT2D eigenvalue weighted by Gasteiger charge is 2.13. The molecule has 0 saturated heterocycles. The Balaban J connectivity index is 1.31. The highest BCUT2D eigenvalue weighted by Crippen LogP contribution is 2.32. The Hall–Kier alpha value is -3.61. The number of ether oxygens (including phenoxy) is 2. The number of pyridine rings is 2. The fourth-order valence-electron chi connectivity index (χ4n) is 2.66. The van der Waals surface area contributed by atoms with E-state index in [-0.39, 0.29) is 12.7 Å². The van der Waals surface area contributed by atoms with Crippen molar-refractivity contribution in [2.75, 3.05) is 12.1 Å². The summed E-state index contributed by atoms with van der Waals surface area (Å²) >= 11 is 0. The molecule has 0 radical (unpaired) electrons. The molecule has 2 aromatic heterocycles. The quantitative estimate of drug-likeness (QED) is 0.701. The van der Waals surface area contributed by atoms with Gasteiger partial charge in [-0.25, -0.2) is 4.98 Å². The van der Waals surface area contributed by atoms with Crippen LogP contribution in [0.3, 0.4) is 0 Å². The first-order valence-corrected chi connectivity index (χ1v) is 8.53. The number of hydrogen-bond donors (Lipinski definition) is 2. The van der Waals surface area contributed by atoms with Crippen molar-refractivity contribution in [2.45, 2.75) is 13.1 Å². The van der Waals surface area contributed by atoms with Gasteiger partial charge in [-0.2, -0.15) is 0 Å². The number of amides is 1. The smallest absolute Gasteiger partial charge is 0.253 e. The minimum absolute atomic E-state index is 0.180. The summed E-state index contributed by atoms with van der Waals surface area (Å²) in [5, 5.41) is 6.09. The van der Waals surface area contributed by atoms with Gasteiger partial charge in [0, 0.05) is 31.7 Å². The van der Waals surface area contributed by atoms with Gasteiger partial charge in [0.2, 0.25) is 6.79 Å². The first-order valence-electron chi connectivity index (χ1n) is 8.53. The van der Waals surface area contributed by atoms with Crippen LogP contribution in [0.2, 0.25) is 0 Å². The molecule has 0 aliphatic carbocycles. The Labute approximate surface area is 156 Å². The number of hydrogen-bond acceptors (Lipinski definition) is 6. The molecule has 1 aliphatic rings. The van der Waals surface area contributed by atoms with Crippen molar-refractivity contribution >= 4 is 11.7 Å². The van der Waals surface area contributed by atoms with E-state index in [1.165, 1.54) is 0 Å². The predicted molar refractivity (Wildman–Crippen MR) is 99.5 cm³/mol. The predicted octanol–water partition coefficient (Wildman–Crippen LogP) is 2.75. The monoisotopic (exact) mass is 362 g/mol. The van der Waals surface area contributed by atoms with Crippen molar-refractivity contribution < 1.29 is 14.3 Å². The zero-order chi connectivity index (χ0) is 18.5. The van der Waals surface area contributed by atoms with Gasteiger partial charge >= 0.3 is 0 Å². The summed E-state index contributed by atoms with van der Waals surface area (Å²) in [6.45, 7) is 1.28. The molecule has 4 rings (SSSR count). The fraction of sp³-hybridized carbons (Fsp3) is 0.150. The maximum Gasteiger partial charge on any atom is 0.253 e. The van der Waals surface area contributed by atoms with Crippen LogP contribution in [0.15, 0.2) is 61.1 Å². The summed E-state index contributed by atoms with van der Waals surface area (Å²) in [5.74, 6) is 1.96. The zero-order valence-electron chi connectivity index (χ0n) is 14.5. The molecule has 136 valence electrons. The van der Waals surface area contributed by atoms with E-state index in [0.29, 0.717) is 30.2 Å². The van der Waals surface area contributed by atoms with Crippen LogP contribution in [-0.2, 0) is 13.1 Å². The van der Waals surface area contributed by atoms with Crippen molar-refractivity contribution in [1.82, 2.24) is 15.3 Å². The van der Waals surface area contributed by atoms with Gasteiger partial charge in [-0.15, -0.1) is 0 Å². The molecule has 0 spiro atoms. The van der Waals surface area contributed by atoms with Gasteiger partial charge < -0.3 is 20.1 Å². The first-order chi connectivity index (χ1) is 13.3. The number of anilines is 1. The number of nitrogens with one attached hydrogen (secondary N) is 2. The molecule has 1 aromatic carbocycles. The van der Waals surface area contributed by atoms with E-state index in [9.17, 15) is 4.79 Å². The lowest BCUT2D eigenvalue weighted by Crippen LogP contribution is -2.22. The molecule has 0 saturated carbocycles. The number of fused-ring (bicyclic) bond motifs is 1. The highest BCUT2D eigenvalue weighted by molar-refractivity contribution is 5.94. The Morgan fingerprint density at radius 2 is 1.81 bits per heavy atom. The Kier molecular flexibility index (Phi) is 4.82. The summed E-state index contributed by atoms with van der Waals surface area (Å²) in [5.41, 5.74) is 2.55. The second-order valence-electron chi connectivity index (χ2n) is 6.01. The molecule has 1 amide bonds. The molecule has 0 fully saturated rings. The summed E-state index contributed by atoms with van der Waals surface area (Å²) in [4.78, 5) is 20.6. The third-order valence-corrected chi connectivity index (χ3v) is 4.14. The van der Waals surface area contributed by atoms with Gasteiger partial charge in [-0.3, -0.25) is 9.78 Å². The van der Waals surface area contributed by atoms with Gasteiger partial charge in [-0.05, 0) is 47.5 Å². The normalized spacial score (nSPS) is 11.9. The maximum atomic E-state index is 12.3. The maximum absolute atomic E-state index is 12.3. The van der Waals surface area contributed by atoms with Crippen LogP contribution in [-0.4, -0.2) is 22.7 Å². The number of rotatable bonds is 6. The average Bonchev–Trinajstić information content (AvgIpc) is 3.19. The lowest BCUT2D eigenvalue weighted by molar-refractivity contribution is 0.0950. The van der Waals surface area contributed by atoms with Gasteiger partial charge in [-0.1, -0.05) is 6.07 Å². The molecule has 1 aliphatic heterocycles. The standard InChI is InChI=1S/C20H18N4O3/c25-20(24-11-15-1-3-17-18(9-15)27-13-26-17)16-2-4-19(23-12-16)22-10-14-5-7-21-8-6-14/h1-9,12H,10-11,13H2,(H,22,23)(H,24,25). The van der Waals surface area contributed by atoms with Crippen LogP contribution in [0.4, 0.5) is 5.82 Å². The number of aromatic nitrogens is 2. The van der Waals surface area contributed by atoms with E-state index in [2.05, 4.69) is 20.6 Å². The van der Waals surface area contributed by atoms with E-state index in [0.717, 1.165) is 16.9 Å². The summed E-state index contributed by atoms with van der Waals surface area (Å²) in [6, 6.07) is 13.0. The molecule has 7 heteroatoms. The lowest BCUT2D eigenvalue weighted by atomic mass is 10.2. The van der Waals surface area contributed by atoms with Gasteiger partial charge in [0.05, 0.1) is 5.56 Å². The molecule has 3 heterocycles. The van der Waals surface area contributed by atoms with Crippen LogP contribution >= 0.6 is 0 Å². The molecule has 0 bridgehead atoms. The second kappa shape index (κ2) is 7.74. The second-order valence-corrected chi connectivity index (χ2v) is 6.01. The molecule has 0 unspecified atom stereocenters. The third kappa shape index (κ3) is 4.14. The minimum Gasteiger partial charge on any atom is -0.454 e. The van der Waals surface area contributed by atoms with Gasteiger partial charge in [0.1, 0.15) is 5.82 Å². The Morgan fingerprint density at radius 1 is 0.963 bits per heavy atom. The molecule has 3 aromatic rings. The van der Waals surface area contributed by atoms with Crippen LogP contribution < -0.4 is 20.1 Å². The van der Waals surface area contributed by atoms with E-state index in [1.54, 1.807) is 30.7 Å². The number of carbonyl (C=O) groups is 1. The largest absolute Gasteiger partial charge is 0.454 e. The first kappa shape index (κ1) is 16.8. The van der Waals surface area contributed by atoms with Crippen molar-refractivity contribution in [3.8, 4) is 11.5 Å². The van der Waals surface area contributed by atoms with E-state index >= 15 is 0 Å². The molecular formula is C20H18N4O3. The number of carbonyl (C=O) groups excluding carboxylic acids is 1. The third-order valence-electron chi connectivity index (χ3n) is 4.14. The van der Waals surface area contributed by atoms with Crippen molar-refractivity contribution in [2.24, 2.45) is 0 Å². The van der Waals surface area contributed by atoms with Crippen LogP contribution in [0.1, 0.15) is 21.5 Å². The number of benzene rings is 1. The van der Waals surface area contributed by atoms with Crippen molar-refractivity contribution in [3.63, 3.8) is 0 Å². The van der Waals surface area contributed by atoms with E-state index in [1.807, 2.05) is 30.3 Å². The molecular weight excluding hydrogens is 344 g/mol.